The SMILES string of the molecule is CN=C(NCCC(C)C)NCc1ccc(CN2CCC(O)CC2)cc1.I. The van der Waals surface area contributed by atoms with Gasteiger partial charge >= 0.3 is 0 Å². The predicted molar refractivity (Wildman–Crippen MR) is 120 cm³/mol. The van der Waals surface area contributed by atoms with Crippen molar-refractivity contribution in [1.82, 2.24) is 15.5 Å². The zero-order chi connectivity index (χ0) is 18.1. The zero-order valence-electron chi connectivity index (χ0n) is 16.4. The van der Waals surface area contributed by atoms with Crippen LogP contribution < -0.4 is 10.6 Å². The summed E-state index contributed by atoms with van der Waals surface area (Å²) in [6.45, 7) is 9.12. The van der Waals surface area contributed by atoms with Gasteiger partial charge in [0.15, 0.2) is 5.96 Å². The number of halogens is 1. The second-order valence-electron chi connectivity index (χ2n) is 7.36. The average Bonchev–Trinajstić information content (AvgIpc) is 2.61. The molecule has 1 aromatic carbocycles. The molecular weight excluding hydrogens is 439 g/mol. The Morgan fingerprint density at radius 3 is 2.35 bits per heavy atom. The molecule has 1 aliphatic heterocycles. The summed E-state index contributed by atoms with van der Waals surface area (Å²) >= 11 is 0. The lowest BCUT2D eigenvalue weighted by molar-refractivity contribution is 0.0792. The van der Waals surface area contributed by atoms with E-state index in [9.17, 15) is 5.11 Å². The largest absolute Gasteiger partial charge is 0.393 e. The molecule has 0 saturated carbocycles. The lowest BCUT2D eigenvalue weighted by Gasteiger charge is -2.29. The Bertz CT molecular complexity index is 525. The number of hydrogen-bond acceptors (Lipinski definition) is 3. The first-order chi connectivity index (χ1) is 12.1. The summed E-state index contributed by atoms with van der Waals surface area (Å²) in [4.78, 5) is 6.69. The van der Waals surface area contributed by atoms with Gasteiger partial charge < -0.3 is 15.7 Å². The van der Waals surface area contributed by atoms with Crippen LogP contribution in [0.3, 0.4) is 0 Å². The topological polar surface area (TPSA) is 59.9 Å². The average molecular weight is 474 g/mol. The quantitative estimate of drug-likeness (QED) is 0.323. The number of aliphatic hydroxyl groups is 1. The number of benzene rings is 1. The minimum atomic E-state index is -0.103. The van der Waals surface area contributed by atoms with Gasteiger partial charge in [-0.05, 0) is 36.3 Å². The van der Waals surface area contributed by atoms with Crippen molar-refractivity contribution in [3.05, 3.63) is 35.4 Å². The molecule has 0 aromatic heterocycles. The van der Waals surface area contributed by atoms with E-state index in [1.54, 1.807) is 0 Å². The third kappa shape index (κ3) is 8.68. The highest BCUT2D eigenvalue weighted by atomic mass is 127. The molecule has 0 unspecified atom stereocenters. The highest BCUT2D eigenvalue weighted by Crippen LogP contribution is 2.14. The fraction of sp³-hybridized carbons (Fsp3) is 0.650. The van der Waals surface area contributed by atoms with E-state index in [1.165, 1.54) is 11.1 Å². The van der Waals surface area contributed by atoms with Crippen molar-refractivity contribution in [2.75, 3.05) is 26.7 Å². The predicted octanol–water partition coefficient (Wildman–Crippen LogP) is 2.97. The van der Waals surface area contributed by atoms with Gasteiger partial charge in [-0.3, -0.25) is 9.89 Å². The Morgan fingerprint density at radius 2 is 1.77 bits per heavy atom. The Kier molecular flexibility index (Phi) is 11.2. The van der Waals surface area contributed by atoms with Crippen molar-refractivity contribution in [3.63, 3.8) is 0 Å². The lowest BCUT2D eigenvalue weighted by atomic mass is 10.1. The van der Waals surface area contributed by atoms with Crippen LogP contribution in [0.1, 0.15) is 44.2 Å². The molecule has 26 heavy (non-hydrogen) atoms. The van der Waals surface area contributed by atoms with Crippen molar-refractivity contribution in [2.45, 2.75) is 52.3 Å². The monoisotopic (exact) mass is 474 g/mol. The van der Waals surface area contributed by atoms with E-state index in [1.807, 2.05) is 7.05 Å². The summed E-state index contributed by atoms with van der Waals surface area (Å²) in [5.74, 6) is 1.55. The smallest absolute Gasteiger partial charge is 0.191 e. The second kappa shape index (κ2) is 12.5. The molecule has 2 rings (SSSR count). The van der Waals surface area contributed by atoms with E-state index in [-0.39, 0.29) is 30.1 Å². The highest BCUT2D eigenvalue weighted by Gasteiger charge is 2.16. The maximum Gasteiger partial charge on any atom is 0.191 e. The first kappa shape index (κ1) is 23.2. The van der Waals surface area contributed by atoms with Gasteiger partial charge in [-0.25, -0.2) is 0 Å². The maximum atomic E-state index is 9.59. The Balaban J connectivity index is 0.00000338. The van der Waals surface area contributed by atoms with Crippen LogP contribution >= 0.6 is 24.0 Å². The van der Waals surface area contributed by atoms with E-state index >= 15 is 0 Å². The van der Waals surface area contributed by atoms with Crippen LogP contribution in [-0.2, 0) is 13.1 Å². The molecule has 0 radical (unpaired) electrons. The second-order valence-corrected chi connectivity index (χ2v) is 7.36. The fourth-order valence-corrected chi connectivity index (χ4v) is 2.98. The molecule has 1 aliphatic rings. The molecule has 0 bridgehead atoms. The third-order valence-electron chi connectivity index (χ3n) is 4.68. The molecule has 0 atom stereocenters. The van der Waals surface area contributed by atoms with Gasteiger partial charge in [-0.2, -0.15) is 0 Å². The van der Waals surface area contributed by atoms with Crippen LogP contribution in [0.2, 0.25) is 0 Å². The normalized spacial score (nSPS) is 16.4. The number of piperidine rings is 1. The molecule has 0 amide bonds. The Labute approximate surface area is 175 Å². The van der Waals surface area contributed by atoms with Gasteiger partial charge in [0.05, 0.1) is 6.10 Å². The van der Waals surface area contributed by atoms with E-state index < -0.39 is 0 Å². The minimum Gasteiger partial charge on any atom is -0.393 e. The number of guanidine groups is 1. The number of hydrogen-bond donors (Lipinski definition) is 3. The molecule has 1 aromatic rings. The summed E-state index contributed by atoms with van der Waals surface area (Å²) in [5, 5.41) is 16.3. The van der Waals surface area contributed by atoms with Crippen LogP contribution in [0, 0.1) is 5.92 Å². The van der Waals surface area contributed by atoms with Crippen LogP contribution in [0.15, 0.2) is 29.3 Å². The van der Waals surface area contributed by atoms with E-state index in [2.05, 4.69) is 58.6 Å². The molecule has 1 fully saturated rings. The standard InChI is InChI=1S/C20H34N4O.HI/c1-16(2)8-11-22-20(21-3)23-14-17-4-6-18(7-5-17)15-24-12-9-19(25)10-13-24;/h4-7,16,19,25H,8-15H2,1-3H3,(H2,21,22,23);1H. The first-order valence-electron chi connectivity index (χ1n) is 9.49. The third-order valence-corrected chi connectivity index (χ3v) is 4.68. The van der Waals surface area contributed by atoms with Crippen LogP contribution in [0.4, 0.5) is 0 Å². The van der Waals surface area contributed by atoms with Gasteiger partial charge in [0.25, 0.3) is 0 Å². The Morgan fingerprint density at radius 1 is 1.15 bits per heavy atom. The fourth-order valence-electron chi connectivity index (χ4n) is 2.98. The molecule has 148 valence electrons. The molecule has 0 aliphatic carbocycles. The summed E-state index contributed by atoms with van der Waals surface area (Å²) < 4.78 is 0. The minimum absolute atomic E-state index is 0. The van der Waals surface area contributed by atoms with Crippen molar-refractivity contribution in [1.29, 1.82) is 0 Å². The number of aliphatic imine (C=N–C) groups is 1. The zero-order valence-corrected chi connectivity index (χ0v) is 18.7. The number of aliphatic hydroxyl groups excluding tert-OH is 1. The molecule has 0 spiro atoms. The Hall–Kier alpha value is -0.860. The summed E-state index contributed by atoms with van der Waals surface area (Å²) in [5.41, 5.74) is 2.59. The molecule has 3 N–H and O–H groups in total. The van der Waals surface area contributed by atoms with Gasteiger partial charge in [-0.15, -0.1) is 24.0 Å². The van der Waals surface area contributed by atoms with E-state index in [4.69, 9.17) is 0 Å². The summed E-state index contributed by atoms with van der Waals surface area (Å²) in [7, 11) is 1.81. The number of likely N-dealkylation sites (tertiary alicyclic amines) is 1. The molecule has 1 saturated heterocycles. The number of rotatable bonds is 7. The first-order valence-corrected chi connectivity index (χ1v) is 9.49. The van der Waals surface area contributed by atoms with Crippen molar-refractivity contribution in [3.8, 4) is 0 Å². The van der Waals surface area contributed by atoms with E-state index in [0.717, 1.165) is 57.9 Å². The maximum absolute atomic E-state index is 9.59. The van der Waals surface area contributed by atoms with Crippen LogP contribution in [0.25, 0.3) is 0 Å². The van der Waals surface area contributed by atoms with Crippen LogP contribution in [-0.4, -0.2) is 48.8 Å². The van der Waals surface area contributed by atoms with Gasteiger partial charge in [-0.1, -0.05) is 38.1 Å². The van der Waals surface area contributed by atoms with Crippen molar-refractivity contribution >= 4 is 29.9 Å². The molecule has 5 nitrogen and oxygen atoms in total. The molecule has 6 heteroatoms. The van der Waals surface area contributed by atoms with Gasteiger partial charge in [0.1, 0.15) is 0 Å². The molecular formula is C20H35IN4O. The van der Waals surface area contributed by atoms with Crippen LogP contribution in [0.5, 0.6) is 0 Å². The highest BCUT2D eigenvalue weighted by molar-refractivity contribution is 14.0. The van der Waals surface area contributed by atoms with E-state index in [0.29, 0.717) is 5.92 Å². The summed E-state index contributed by atoms with van der Waals surface area (Å²) in [6, 6.07) is 8.78. The number of nitrogens with one attached hydrogen (secondary N) is 2. The van der Waals surface area contributed by atoms with Gasteiger partial charge in [0, 0.05) is 39.8 Å². The molecule has 1 heterocycles. The van der Waals surface area contributed by atoms with Crippen molar-refractivity contribution in [2.24, 2.45) is 10.9 Å². The lowest BCUT2D eigenvalue weighted by Crippen LogP contribution is -2.37. The van der Waals surface area contributed by atoms with Crippen molar-refractivity contribution < 1.29 is 5.11 Å². The van der Waals surface area contributed by atoms with Gasteiger partial charge in [0.2, 0.25) is 0 Å². The summed E-state index contributed by atoms with van der Waals surface area (Å²) in [6.07, 6.45) is 2.83. The number of nitrogens with zero attached hydrogens (tertiary/aromatic N) is 2.